The molecule has 0 saturated heterocycles. The number of hydrogen-bond acceptors (Lipinski definition) is 4. The fourth-order valence-electron chi connectivity index (χ4n) is 2.58. The molecule has 122 valence electrons. The van der Waals surface area contributed by atoms with E-state index < -0.39 is 23.3 Å². The van der Waals surface area contributed by atoms with Gasteiger partial charge in [0.05, 0.1) is 0 Å². The van der Waals surface area contributed by atoms with E-state index in [9.17, 15) is 18.4 Å². The number of rotatable bonds is 6. The lowest BCUT2D eigenvalue weighted by Crippen LogP contribution is -2.32. The van der Waals surface area contributed by atoms with Gasteiger partial charge in [0.25, 0.3) is 5.91 Å². The molecule has 1 fully saturated rings. The zero-order valence-electron chi connectivity index (χ0n) is 12.1. The van der Waals surface area contributed by atoms with Gasteiger partial charge in [0.1, 0.15) is 11.6 Å². The van der Waals surface area contributed by atoms with Crippen molar-refractivity contribution in [1.29, 1.82) is 0 Å². The number of carbonyl (C=O) groups excluding carboxylic acids is 1. The monoisotopic (exact) mass is 323 g/mol. The second kappa shape index (κ2) is 6.31. The molecule has 1 aromatic heterocycles. The van der Waals surface area contributed by atoms with Crippen LogP contribution in [0.5, 0.6) is 0 Å². The van der Waals surface area contributed by atoms with E-state index in [1.54, 1.807) is 0 Å². The zero-order chi connectivity index (χ0) is 16.4. The van der Waals surface area contributed by atoms with Crippen molar-refractivity contribution >= 4 is 5.91 Å². The Hall–Kier alpha value is -2.51. The van der Waals surface area contributed by atoms with Gasteiger partial charge in [-0.1, -0.05) is 6.07 Å². The third-order valence-electron chi connectivity index (χ3n) is 3.97. The predicted molar refractivity (Wildman–Crippen MR) is 75.7 cm³/mol. The minimum absolute atomic E-state index is 0.0394. The molecular formula is C15H15F2N3O3. The van der Waals surface area contributed by atoms with Crippen LogP contribution in [-0.4, -0.2) is 22.6 Å². The molecular weight excluding hydrogens is 308 g/mol. The van der Waals surface area contributed by atoms with E-state index >= 15 is 0 Å². The van der Waals surface area contributed by atoms with Gasteiger partial charge in [0.2, 0.25) is 5.82 Å². The number of benzene rings is 1. The number of aromatic nitrogens is 2. The topological polar surface area (TPSA) is 88.0 Å². The second-order valence-electron chi connectivity index (χ2n) is 5.69. The third-order valence-corrected chi connectivity index (χ3v) is 3.97. The van der Waals surface area contributed by atoms with Crippen LogP contribution in [0.15, 0.2) is 27.5 Å². The highest BCUT2D eigenvalue weighted by atomic mass is 19.1. The second-order valence-corrected chi connectivity index (χ2v) is 5.69. The Morgan fingerprint density at radius 1 is 1.43 bits per heavy atom. The van der Waals surface area contributed by atoms with Crippen molar-refractivity contribution in [2.45, 2.75) is 19.3 Å². The van der Waals surface area contributed by atoms with Crippen molar-refractivity contribution in [3.8, 4) is 0 Å². The largest absolute Gasteiger partial charge is 0.439 e. The van der Waals surface area contributed by atoms with Crippen molar-refractivity contribution in [2.24, 2.45) is 11.8 Å². The van der Waals surface area contributed by atoms with E-state index in [0.717, 1.165) is 18.9 Å². The van der Waals surface area contributed by atoms with Gasteiger partial charge in [-0.15, -0.1) is 0 Å². The van der Waals surface area contributed by atoms with E-state index in [0.29, 0.717) is 24.4 Å². The number of amides is 1. The van der Waals surface area contributed by atoms with Crippen LogP contribution in [0.2, 0.25) is 0 Å². The number of halogens is 2. The molecule has 0 bridgehead atoms. The maximum Gasteiger partial charge on any atom is 0.439 e. The summed E-state index contributed by atoms with van der Waals surface area (Å²) in [6.07, 6.45) is 2.45. The fourth-order valence-corrected chi connectivity index (χ4v) is 2.58. The van der Waals surface area contributed by atoms with E-state index in [1.807, 2.05) is 0 Å². The standard InChI is InChI=1S/C15H15F2N3O3/c16-11-4-3-9(12(17)6-11)5-10(8-1-2-8)7-18-14(21)13-19-15(22)23-20-13/h3-4,6,8,10H,1-2,5,7H2,(H,18,21)(H,19,20,22). The molecule has 1 saturated carbocycles. The Morgan fingerprint density at radius 2 is 2.22 bits per heavy atom. The summed E-state index contributed by atoms with van der Waals surface area (Å²) < 4.78 is 31.0. The normalized spacial score (nSPS) is 15.4. The van der Waals surface area contributed by atoms with Crippen LogP contribution in [0.25, 0.3) is 0 Å². The van der Waals surface area contributed by atoms with Crippen LogP contribution >= 0.6 is 0 Å². The lowest BCUT2D eigenvalue weighted by atomic mass is 9.94. The quantitative estimate of drug-likeness (QED) is 0.846. The number of aromatic amines is 1. The summed E-state index contributed by atoms with van der Waals surface area (Å²) in [6.45, 7) is 0.315. The minimum Gasteiger partial charge on any atom is -0.349 e. The molecule has 1 amide bonds. The highest BCUT2D eigenvalue weighted by Crippen LogP contribution is 2.38. The average molecular weight is 323 g/mol. The molecule has 2 aromatic rings. The van der Waals surface area contributed by atoms with Gasteiger partial charge in [-0.3, -0.25) is 14.3 Å². The molecule has 8 heteroatoms. The molecule has 1 atom stereocenters. The van der Waals surface area contributed by atoms with Gasteiger partial charge in [-0.2, -0.15) is 0 Å². The lowest BCUT2D eigenvalue weighted by molar-refractivity contribution is 0.0932. The summed E-state index contributed by atoms with van der Waals surface area (Å²) >= 11 is 0. The molecule has 0 aliphatic heterocycles. The molecule has 1 unspecified atom stereocenters. The van der Waals surface area contributed by atoms with Crippen molar-refractivity contribution < 1.29 is 18.1 Å². The van der Waals surface area contributed by atoms with Crippen molar-refractivity contribution in [3.05, 3.63) is 51.8 Å². The number of carbonyl (C=O) groups is 1. The van der Waals surface area contributed by atoms with Gasteiger partial charge in [-0.05, 0) is 47.9 Å². The zero-order valence-corrected chi connectivity index (χ0v) is 12.1. The average Bonchev–Trinajstić information content (AvgIpc) is 3.26. The first-order chi connectivity index (χ1) is 11.0. The summed E-state index contributed by atoms with van der Waals surface area (Å²) in [5, 5.41) is 5.96. The summed E-state index contributed by atoms with van der Waals surface area (Å²) in [4.78, 5) is 24.8. The van der Waals surface area contributed by atoms with E-state index in [1.165, 1.54) is 12.1 Å². The van der Waals surface area contributed by atoms with E-state index in [-0.39, 0.29) is 11.7 Å². The lowest BCUT2D eigenvalue weighted by Gasteiger charge is -2.17. The minimum atomic E-state index is -0.803. The highest BCUT2D eigenvalue weighted by molar-refractivity contribution is 5.90. The Balaban J connectivity index is 1.63. The molecule has 23 heavy (non-hydrogen) atoms. The Bertz CT molecular complexity index is 767. The summed E-state index contributed by atoms with van der Waals surface area (Å²) in [6, 6.07) is 3.51. The Labute approximate surface area is 129 Å². The van der Waals surface area contributed by atoms with Crippen LogP contribution in [-0.2, 0) is 6.42 Å². The van der Waals surface area contributed by atoms with Gasteiger partial charge in [-0.25, -0.2) is 13.6 Å². The predicted octanol–water partition coefficient (Wildman–Crippen LogP) is 1.64. The maximum atomic E-state index is 13.8. The fraction of sp³-hybridized carbons (Fsp3) is 0.400. The maximum absolute atomic E-state index is 13.8. The summed E-state index contributed by atoms with van der Waals surface area (Å²) in [5.41, 5.74) is 0.424. The van der Waals surface area contributed by atoms with Crippen LogP contribution < -0.4 is 11.1 Å². The van der Waals surface area contributed by atoms with Crippen LogP contribution in [0, 0.1) is 23.5 Å². The van der Waals surface area contributed by atoms with Gasteiger partial charge in [0, 0.05) is 12.6 Å². The number of hydrogen-bond donors (Lipinski definition) is 2. The molecule has 1 heterocycles. The summed E-state index contributed by atoms with van der Waals surface area (Å²) in [5.74, 6) is -2.31. The van der Waals surface area contributed by atoms with Gasteiger partial charge in [0.15, 0.2) is 0 Å². The van der Waals surface area contributed by atoms with Crippen molar-refractivity contribution in [3.63, 3.8) is 0 Å². The molecule has 6 nitrogen and oxygen atoms in total. The number of nitrogens with zero attached hydrogens (tertiary/aromatic N) is 1. The molecule has 0 spiro atoms. The van der Waals surface area contributed by atoms with Gasteiger partial charge >= 0.3 is 5.76 Å². The smallest absolute Gasteiger partial charge is 0.349 e. The Morgan fingerprint density at radius 3 is 2.83 bits per heavy atom. The van der Waals surface area contributed by atoms with Crippen molar-refractivity contribution in [2.75, 3.05) is 6.54 Å². The molecule has 3 rings (SSSR count). The van der Waals surface area contributed by atoms with Crippen LogP contribution in [0.1, 0.15) is 29.0 Å². The first-order valence-corrected chi connectivity index (χ1v) is 7.31. The molecule has 1 aromatic carbocycles. The number of nitrogens with one attached hydrogen (secondary N) is 2. The van der Waals surface area contributed by atoms with Crippen LogP contribution in [0.3, 0.4) is 0 Å². The van der Waals surface area contributed by atoms with E-state index in [2.05, 4.69) is 20.0 Å². The third kappa shape index (κ3) is 3.82. The molecule has 1 aliphatic carbocycles. The van der Waals surface area contributed by atoms with Gasteiger partial charge < -0.3 is 5.32 Å². The van der Waals surface area contributed by atoms with Crippen LogP contribution in [0.4, 0.5) is 8.78 Å². The summed E-state index contributed by atoms with van der Waals surface area (Å²) in [7, 11) is 0. The first-order valence-electron chi connectivity index (χ1n) is 7.31. The molecule has 0 radical (unpaired) electrons. The van der Waals surface area contributed by atoms with E-state index in [4.69, 9.17) is 0 Å². The number of H-pyrrole nitrogens is 1. The van der Waals surface area contributed by atoms with Crippen molar-refractivity contribution in [1.82, 2.24) is 15.5 Å². The first kappa shape index (κ1) is 15.4. The SMILES string of the molecule is O=C(NCC(Cc1ccc(F)cc1F)C1CC1)c1noc(=O)[nH]1. The Kier molecular flexibility index (Phi) is 4.22. The molecule has 2 N–H and O–H groups in total. The highest BCUT2D eigenvalue weighted by Gasteiger charge is 2.32. The molecule has 1 aliphatic rings.